The first-order valence-electron chi connectivity index (χ1n) is 4.02. The third kappa shape index (κ3) is 1.35. The summed E-state index contributed by atoms with van der Waals surface area (Å²) in [5.74, 6) is 0. The monoisotopic (exact) mass is 220 g/mol. The SMILES string of the molecule is CSc1ccc(N)c2cc(C#N)sc12. The van der Waals surface area contributed by atoms with Crippen LogP contribution in [0.2, 0.25) is 0 Å². The Bertz CT molecular complexity index is 523. The summed E-state index contributed by atoms with van der Waals surface area (Å²) in [6, 6.07) is 7.90. The lowest BCUT2D eigenvalue weighted by atomic mass is 10.2. The normalized spacial score (nSPS) is 10.3. The quantitative estimate of drug-likeness (QED) is 0.593. The fraction of sp³-hybridized carbons (Fsp3) is 0.100. The zero-order valence-corrected chi connectivity index (χ0v) is 9.21. The van der Waals surface area contributed by atoms with E-state index in [2.05, 4.69) is 6.07 Å². The van der Waals surface area contributed by atoms with Crippen molar-refractivity contribution in [3.63, 3.8) is 0 Å². The minimum Gasteiger partial charge on any atom is -0.398 e. The molecule has 0 bridgehead atoms. The second kappa shape index (κ2) is 3.52. The smallest absolute Gasteiger partial charge is 0.110 e. The van der Waals surface area contributed by atoms with Crippen molar-refractivity contribution < 1.29 is 0 Å². The number of nitrogen functional groups attached to an aromatic ring is 1. The maximum Gasteiger partial charge on any atom is 0.110 e. The van der Waals surface area contributed by atoms with Crippen LogP contribution in [0, 0.1) is 11.3 Å². The molecule has 0 aliphatic rings. The molecule has 2 aromatic rings. The van der Waals surface area contributed by atoms with Crippen LogP contribution < -0.4 is 5.73 Å². The highest BCUT2D eigenvalue weighted by molar-refractivity contribution is 7.99. The molecular weight excluding hydrogens is 212 g/mol. The van der Waals surface area contributed by atoms with Gasteiger partial charge in [0.05, 0.1) is 4.70 Å². The number of nitrogens with zero attached hydrogens (tertiary/aromatic N) is 1. The molecule has 4 heteroatoms. The van der Waals surface area contributed by atoms with Crippen molar-refractivity contribution in [1.82, 2.24) is 0 Å². The third-order valence-electron chi connectivity index (χ3n) is 2.01. The number of hydrogen-bond donors (Lipinski definition) is 1. The van der Waals surface area contributed by atoms with E-state index in [-0.39, 0.29) is 0 Å². The summed E-state index contributed by atoms with van der Waals surface area (Å²) in [6.07, 6.45) is 2.02. The van der Waals surface area contributed by atoms with Crippen molar-refractivity contribution in [2.75, 3.05) is 12.0 Å². The van der Waals surface area contributed by atoms with E-state index in [0.717, 1.165) is 15.8 Å². The Morgan fingerprint density at radius 1 is 1.50 bits per heavy atom. The Morgan fingerprint density at radius 2 is 2.29 bits per heavy atom. The predicted octanol–water partition coefficient (Wildman–Crippen LogP) is 3.08. The van der Waals surface area contributed by atoms with E-state index >= 15 is 0 Å². The molecule has 0 unspecified atom stereocenters. The van der Waals surface area contributed by atoms with E-state index in [1.54, 1.807) is 11.8 Å². The molecule has 2 nitrogen and oxygen atoms in total. The number of fused-ring (bicyclic) bond motifs is 1. The maximum absolute atomic E-state index is 8.81. The molecule has 2 N–H and O–H groups in total. The summed E-state index contributed by atoms with van der Waals surface area (Å²) in [5, 5.41) is 9.80. The van der Waals surface area contributed by atoms with Crippen molar-refractivity contribution in [1.29, 1.82) is 5.26 Å². The minimum absolute atomic E-state index is 0.716. The summed E-state index contributed by atoms with van der Waals surface area (Å²) in [5.41, 5.74) is 6.58. The van der Waals surface area contributed by atoms with Gasteiger partial charge in [0.15, 0.2) is 0 Å². The Balaban J connectivity index is 2.83. The number of nitriles is 1. The van der Waals surface area contributed by atoms with Crippen LogP contribution in [-0.2, 0) is 0 Å². The van der Waals surface area contributed by atoms with E-state index in [1.807, 2.05) is 24.5 Å². The van der Waals surface area contributed by atoms with Gasteiger partial charge in [-0.1, -0.05) is 0 Å². The van der Waals surface area contributed by atoms with Gasteiger partial charge in [0.25, 0.3) is 0 Å². The molecule has 14 heavy (non-hydrogen) atoms. The fourth-order valence-electron chi connectivity index (χ4n) is 1.34. The van der Waals surface area contributed by atoms with Crippen LogP contribution in [0.3, 0.4) is 0 Å². The lowest BCUT2D eigenvalue weighted by Crippen LogP contribution is -1.84. The van der Waals surface area contributed by atoms with E-state index in [4.69, 9.17) is 11.0 Å². The number of anilines is 1. The molecule has 0 aliphatic heterocycles. The zero-order valence-electron chi connectivity index (χ0n) is 7.57. The molecule has 0 amide bonds. The van der Waals surface area contributed by atoms with Crippen molar-refractivity contribution in [2.45, 2.75) is 4.90 Å². The lowest BCUT2D eigenvalue weighted by Gasteiger charge is -2.00. The average Bonchev–Trinajstić information content (AvgIpc) is 2.63. The highest BCUT2D eigenvalue weighted by Crippen LogP contribution is 2.36. The van der Waals surface area contributed by atoms with Gasteiger partial charge in [-0.15, -0.1) is 23.1 Å². The lowest BCUT2D eigenvalue weighted by molar-refractivity contribution is 1.52. The van der Waals surface area contributed by atoms with Gasteiger partial charge in [-0.3, -0.25) is 0 Å². The Labute approximate surface area is 90.3 Å². The van der Waals surface area contributed by atoms with E-state index in [9.17, 15) is 0 Å². The standard InChI is InChI=1S/C10H8N2S2/c1-13-9-3-2-8(12)7-4-6(5-11)14-10(7)9/h2-4H,12H2,1H3. The van der Waals surface area contributed by atoms with Crippen LogP contribution in [0.4, 0.5) is 5.69 Å². The molecule has 0 saturated heterocycles. The number of hydrogen-bond acceptors (Lipinski definition) is 4. The van der Waals surface area contributed by atoms with Gasteiger partial charge in [0.2, 0.25) is 0 Å². The molecule has 1 aromatic heterocycles. The number of thiophene rings is 1. The van der Waals surface area contributed by atoms with Crippen molar-refractivity contribution in [3.8, 4) is 6.07 Å². The minimum atomic E-state index is 0.716. The van der Waals surface area contributed by atoms with Crippen LogP contribution in [0.25, 0.3) is 10.1 Å². The molecule has 0 radical (unpaired) electrons. The largest absolute Gasteiger partial charge is 0.398 e. The third-order valence-corrected chi connectivity index (χ3v) is 3.99. The molecule has 0 atom stereocenters. The van der Waals surface area contributed by atoms with E-state index in [0.29, 0.717) is 4.88 Å². The first-order chi connectivity index (χ1) is 6.76. The summed E-state index contributed by atoms with van der Waals surface area (Å²) in [7, 11) is 0. The topological polar surface area (TPSA) is 49.8 Å². The van der Waals surface area contributed by atoms with Gasteiger partial charge < -0.3 is 5.73 Å². The molecule has 0 aliphatic carbocycles. The summed E-state index contributed by atoms with van der Waals surface area (Å²) < 4.78 is 1.12. The van der Waals surface area contributed by atoms with Gasteiger partial charge in [-0.25, -0.2) is 0 Å². The van der Waals surface area contributed by atoms with Gasteiger partial charge in [-0.05, 0) is 24.5 Å². The van der Waals surface area contributed by atoms with Crippen molar-refractivity contribution in [3.05, 3.63) is 23.1 Å². The summed E-state index contributed by atoms with van der Waals surface area (Å²) in [6.45, 7) is 0. The molecule has 0 spiro atoms. The van der Waals surface area contributed by atoms with Crippen LogP contribution in [0.15, 0.2) is 23.1 Å². The molecule has 0 fully saturated rings. The number of nitrogens with two attached hydrogens (primary N) is 1. The van der Waals surface area contributed by atoms with Gasteiger partial charge >= 0.3 is 0 Å². The van der Waals surface area contributed by atoms with Crippen LogP contribution >= 0.6 is 23.1 Å². The number of benzene rings is 1. The van der Waals surface area contributed by atoms with Gasteiger partial charge in [0.1, 0.15) is 10.9 Å². The van der Waals surface area contributed by atoms with Crippen molar-refractivity contribution >= 4 is 38.9 Å². The summed E-state index contributed by atoms with van der Waals surface area (Å²) >= 11 is 3.18. The first kappa shape index (κ1) is 9.38. The Kier molecular flexibility index (Phi) is 2.36. The average molecular weight is 220 g/mol. The van der Waals surface area contributed by atoms with Crippen LogP contribution in [-0.4, -0.2) is 6.26 Å². The van der Waals surface area contributed by atoms with E-state index < -0.39 is 0 Å². The van der Waals surface area contributed by atoms with Crippen molar-refractivity contribution in [2.24, 2.45) is 0 Å². The molecule has 1 aromatic carbocycles. The van der Waals surface area contributed by atoms with Gasteiger partial charge in [0, 0.05) is 16.0 Å². The second-order valence-electron chi connectivity index (χ2n) is 2.82. The highest BCUT2D eigenvalue weighted by Gasteiger charge is 2.07. The summed E-state index contributed by atoms with van der Waals surface area (Å²) in [4.78, 5) is 1.90. The first-order valence-corrected chi connectivity index (χ1v) is 6.06. The fourth-order valence-corrected chi connectivity index (χ4v) is 3.11. The predicted molar refractivity (Wildman–Crippen MR) is 62.7 cm³/mol. The van der Waals surface area contributed by atoms with E-state index in [1.165, 1.54) is 16.2 Å². The molecule has 70 valence electrons. The Hall–Kier alpha value is -1.18. The maximum atomic E-state index is 8.81. The van der Waals surface area contributed by atoms with Crippen LogP contribution in [0.1, 0.15) is 4.88 Å². The number of thioether (sulfide) groups is 1. The Morgan fingerprint density at radius 3 is 2.93 bits per heavy atom. The zero-order chi connectivity index (χ0) is 10.1. The second-order valence-corrected chi connectivity index (χ2v) is 4.72. The molecular formula is C10H8N2S2. The molecule has 2 rings (SSSR count). The highest BCUT2D eigenvalue weighted by atomic mass is 32.2. The van der Waals surface area contributed by atoms with Crippen LogP contribution in [0.5, 0.6) is 0 Å². The molecule has 0 saturated carbocycles. The molecule has 1 heterocycles. The number of rotatable bonds is 1. The van der Waals surface area contributed by atoms with Gasteiger partial charge in [-0.2, -0.15) is 5.26 Å².